The van der Waals surface area contributed by atoms with E-state index in [1.165, 1.54) is 6.07 Å². The first-order valence-corrected chi connectivity index (χ1v) is 10.1. The van der Waals surface area contributed by atoms with Crippen LogP contribution in [0.4, 0.5) is 0 Å². The van der Waals surface area contributed by atoms with Gasteiger partial charge in [-0.15, -0.1) is 0 Å². The molecule has 6 heteroatoms. The molecule has 0 radical (unpaired) electrons. The third-order valence-electron chi connectivity index (χ3n) is 5.04. The number of amides is 1. The average molecular weight is 409 g/mol. The molecule has 0 bridgehead atoms. The molecule has 30 heavy (non-hydrogen) atoms. The Labute approximate surface area is 175 Å². The van der Waals surface area contributed by atoms with Crippen LogP contribution in [0.25, 0.3) is 11.0 Å². The van der Waals surface area contributed by atoms with E-state index in [0.717, 1.165) is 29.4 Å². The lowest BCUT2D eigenvalue weighted by atomic mass is 10.0. The summed E-state index contributed by atoms with van der Waals surface area (Å²) in [7, 11) is 0. The van der Waals surface area contributed by atoms with Gasteiger partial charge in [0, 0.05) is 23.6 Å². The summed E-state index contributed by atoms with van der Waals surface area (Å²) in [5, 5.41) is 13.8. The van der Waals surface area contributed by atoms with Gasteiger partial charge in [-0.3, -0.25) is 4.79 Å². The predicted molar refractivity (Wildman–Crippen MR) is 116 cm³/mol. The molecule has 3 rings (SSSR count). The van der Waals surface area contributed by atoms with Crippen LogP contribution < -0.4 is 15.7 Å². The minimum atomic E-state index is -0.795. The Hall–Kier alpha value is -3.12. The summed E-state index contributed by atoms with van der Waals surface area (Å²) in [5.41, 5.74) is 2.43. The zero-order chi connectivity index (χ0) is 21.7. The summed E-state index contributed by atoms with van der Waals surface area (Å²) in [5.74, 6) is 0.135. The van der Waals surface area contributed by atoms with E-state index in [1.54, 1.807) is 32.0 Å². The lowest BCUT2D eigenvalue weighted by Gasteiger charge is -2.18. The van der Waals surface area contributed by atoms with E-state index in [9.17, 15) is 14.7 Å². The van der Waals surface area contributed by atoms with Gasteiger partial charge in [0.2, 0.25) is 0 Å². The molecule has 1 aromatic heterocycles. The zero-order valence-corrected chi connectivity index (χ0v) is 17.5. The van der Waals surface area contributed by atoms with Gasteiger partial charge in [0.25, 0.3) is 5.91 Å². The minimum absolute atomic E-state index is 0.0858. The monoisotopic (exact) mass is 409 g/mol. The SMILES string of the molecule is CCCc1cc(=O)oc2c(C)c(O[C@H](C)C(=O)NC[C@@H](O)c3ccccc3)ccc12. The van der Waals surface area contributed by atoms with Crippen LogP contribution in [0.5, 0.6) is 5.75 Å². The van der Waals surface area contributed by atoms with E-state index >= 15 is 0 Å². The van der Waals surface area contributed by atoms with E-state index in [0.29, 0.717) is 16.9 Å². The van der Waals surface area contributed by atoms with Crippen molar-refractivity contribution in [2.45, 2.75) is 45.8 Å². The summed E-state index contributed by atoms with van der Waals surface area (Å²) in [6, 6.07) is 14.3. The smallest absolute Gasteiger partial charge is 0.336 e. The Morgan fingerprint density at radius 2 is 1.93 bits per heavy atom. The second kappa shape index (κ2) is 9.59. The second-order valence-electron chi connectivity index (χ2n) is 7.34. The van der Waals surface area contributed by atoms with E-state index in [1.807, 2.05) is 24.3 Å². The van der Waals surface area contributed by atoms with Gasteiger partial charge in [-0.05, 0) is 43.5 Å². The van der Waals surface area contributed by atoms with Crippen LogP contribution >= 0.6 is 0 Å². The lowest BCUT2D eigenvalue weighted by Crippen LogP contribution is -2.38. The number of hydrogen-bond donors (Lipinski definition) is 2. The molecule has 0 aliphatic carbocycles. The molecule has 158 valence electrons. The van der Waals surface area contributed by atoms with Crippen LogP contribution in [0.2, 0.25) is 0 Å². The fraction of sp³-hybridized carbons (Fsp3) is 0.333. The molecule has 3 aromatic rings. The number of benzene rings is 2. The van der Waals surface area contributed by atoms with Gasteiger partial charge in [-0.25, -0.2) is 4.79 Å². The third-order valence-corrected chi connectivity index (χ3v) is 5.04. The molecule has 1 heterocycles. The van der Waals surface area contributed by atoms with Crippen molar-refractivity contribution in [2.75, 3.05) is 6.54 Å². The highest BCUT2D eigenvalue weighted by molar-refractivity contribution is 5.85. The fourth-order valence-corrected chi connectivity index (χ4v) is 3.39. The Kier molecular flexibility index (Phi) is 6.90. The number of fused-ring (bicyclic) bond motifs is 1. The third kappa shape index (κ3) is 4.89. The molecule has 2 aromatic carbocycles. The summed E-state index contributed by atoms with van der Waals surface area (Å²) >= 11 is 0. The minimum Gasteiger partial charge on any atom is -0.480 e. The molecule has 0 saturated carbocycles. The first-order valence-electron chi connectivity index (χ1n) is 10.1. The zero-order valence-electron chi connectivity index (χ0n) is 17.5. The molecule has 0 fully saturated rings. The molecule has 0 aliphatic heterocycles. The van der Waals surface area contributed by atoms with Gasteiger partial charge in [0.15, 0.2) is 6.10 Å². The molecule has 2 N–H and O–H groups in total. The van der Waals surface area contributed by atoms with E-state index in [4.69, 9.17) is 9.15 Å². The van der Waals surface area contributed by atoms with Crippen LogP contribution in [-0.4, -0.2) is 23.7 Å². The van der Waals surface area contributed by atoms with Gasteiger partial charge in [0.05, 0.1) is 6.10 Å². The van der Waals surface area contributed by atoms with Crippen molar-refractivity contribution >= 4 is 16.9 Å². The Morgan fingerprint density at radius 1 is 1.20 bits per heavy atom. The molecule has 6 nitrogen and oxygen atoms in total. The van der Waals surface area contributed by atoms with Crippen molar-refractivity contribution in [3.05, 3.63) is 75.6 Å². The van der Waals surface area contributed by atoms with Crippen molar-refractivity contribution in [1.82, 2.24) is 5.32 Å². The number of nitrogens with one attached hydrogen (secondary N) is 1. The highest BCUT2D eigenvalue weighted by Crippen LogP contribution is 2.29. The van der Waals surface area contributed by atoms with Crippen LogP contribution in [-0.2, 0) is 11.2 Å². The van der Waals surface area contributed by atoms with Crippen LogP contribution in [0.15, 0.2) is 57.7 Å². The average Bonchev–Trinajstić information content (AvgIpc) is 2.74. The van der Waals surface area contributed by atoms with Gasteiger partial charge < -0.3 is 19.6 Å². The summed E-state index contributed by atoms with van der Waals surface area (Å²) < 4.78 is 11.3. The molecule has 0 aliphatic rings. The maximum Gasteiger partial charge on any atom is 0.336 e. The van der Waals surface area contributed by atoms with Gasteiger partial charge in [-0.1, -0.05) is 43.7 Å². The molecule has 1 amide bonds. The first-order chi connectivity index (χ1) is 14.4. The van der Waals surface area contributed by atoms with Gasteiger partial charge >= 0.3 is 5.63 Å². The molecule has 0 spiro atoms. The molecule has 0 unspecified atom stereocenters. The van der Waals surface area contributed by atoms with Crippen LogP contribution in [0.1, 0.15) is 43.1 Å². The number of aliphatic hydroxyl groups is 1. The molecular weight excluding hydrogens is 382 g/mol. The maximum absolute atomic E-state index is 12.4. The number of hydrogen-bond acceptors (Lipinski definition) is 5. The van der Waals surface area contributed by atoms with Crippen LogP contribution in [0, 0.1) is 6.92 Å². The maximum atomic E-state index is 12.4. The number of carbonyl (C=O) groups is 1. The predicted octanol–water partition coefficient (Wildman–Crippen LogP) is 3.67. The second-order valence-corrected chi connectivity index (χ2v) is 7.34. The van der Waals surface area contributed by atoms with Crippen molar-refractivity contribution in [1.29, 1.82) is 0 Å². The number of aryl methyl sites for hydroxylation is 2. The van der Waals surface area contributed by atoms with Gasteiger partial charge in [-0.2, -0.15) is 0 Å². The Balaban J connectivity index is 1.71. The van der Waals surface area contributed by atoms with Crippen molar-refractivity contribution in [2.24, 2.45) is 0 Å². The number of rotatable bonds is 8. The van der Waals surface area contributed by atoms with Gasteiger partial charge in [0.1, 0.15) is 11.3 Å². The standard InChI is InChI=1S/C24H27NO5/c1-4-8-18-13-22(27)30-23-15(2)21(12-11-19(18)23)29-16(3)24(28)25-14-20(26)17-9-6-5-7-10-17/h5-7,9-13,16,20,26H,4,8,14H2,1-3H3,(H,25,28)/t16-,20-/m1/s1. The summed E-state index contributed by atoms with van der Waals surface area (Å²) in [6.07, 6.45) is 0.123. The lowest BCUT2D eigenvalue weighted by molar-refractivity contribution is -0.127. The van der Waals surface area contributed by atoms with Crippen molar-refractivity contribution in [3.8, 4) is 5.75 Å². The number of carbonyl (C=O) groups excluding carboxylic acids is 1. The summed E-state index contributed by atoms with van der Waals surface area (Å²) in [6.45, 7) is 5.58. The van der Waals surface area contributed by atoms with Crippen LogP contribution in [0.3, 0.4) is 0 Å². The fourth-order valence-electron chi connectivity index (χ4n) is 3.39. The molecular formula is C24H27NO5. The number of aliphatic hydroxyl groups excluding tert-OH is 1. The highest BCUT2D eigenvalue weighted by Gasteiger charge is 2.19. The topological polar surface area (TPSA) is 88.8 Å². The normalized spacial score (nSPS) is 13.1. The Bertz CT molecular complexity index is 1070. The van der Waals surface area contributed by atoms with Crippen molar-refractivity contribution in [3.63, 3.8) is 0 Å². The van der Waals surface area contributed by atoms with E-state index in [2.05, 4.69) is 12.2 Å². The first kappa shape index (κ1) is 21.6. The number of ether oxygens (including phenoxy) is 1. The quantitative estimate of drug-likeness (QED) is 0.554. The van der Waals surface area contributed by atoms with E-state index < -0.39 is 17.8 Å². The highest BCUT2D eigenvalue weighted by atomic mass is 16.5. The van der Waals surface area contributed by atoms with Crippen molar-refractivity contribution < 1.29 is 19.1 Å². The molecule has 2 atom stereocenters. The summed E-state index contributed by atoms with van der Waals surface area (Å²) in [4.78, 5) is 24.4. The van der Waals surface area contributed by atoms with E-state index in [-0.39, 0.29) is 12.5 Å². The largest absolute Gasteiger partial charge is 0.480 e. The molecule has 0 saturated heterocycles. The Morgan fingerprint density at radius 3 is 2.63 bits per heavy atom.